The van der Waals surface area contributed by atoms with Crippen molar-refractivity contribution in [1.29, 1.82) is 0 Å². The van der Waals surface area contributed by atoms with Gasteiger partial charge in [-0.05, 0) is 39.5 Å². The molecule has 0 bridgehead atoms. The first kappa shape index (κ1) is 22.1. The predicted molar refractivity (Wildman–Crippen MR) is 98.3 cm³/mol. The van der Waals surface area contributed by atoms with Crippen LogP contribution in [0, 0.1) is 0 Å². The molecule has 0 saturated carbocycles. The summed E-state index contributed by atoms with van der Waals surface area (Å²) < 4.78 is 0.885. The molecule has 0 heterocycles. The summed E-state index contributed by atoms with van der Waals surface area (Å²) >= 11 is 0. The van der Waals surface area contributed by atoms with E-state index in [1.807, 2.05) is 11.9 Å². The highest BCUT2D eigenvalue weighted by atomic mass is 16.3. The fraction of sp³-hybridized carbons (Fsp3) is 0.842. The number of nitrogens with zero attached hydrogens (tertiary/aromatic N) is 2. The number of allylic oxidation sites excluding steroid dienone is 2. The maximum absolute atomic E-state index is 12.2. The van der Waals surface area contributed by atoms with Crippen LogP contribution in [0.15, 0.2) is 12.2 Å². The molecule has 136 valence electrons. The first-order chi connectivity index (χ1) is 11.0. The summed E-state index contributed by atoms with van der Waals surface area (Å²) in [6.07, 6.45) is 10.6. The van der Waals surface area contributed by atoms with E-state index in [0.29, 0.717) is 6.42 Å². The number of amides is 1. The Morgan fingerprint density at radius 2 is 1.70 bits per heavy atom. The fourth-order valence-corrected chi connectivity index (χ4v) is 2.80. The van der Waals surface area contributed by atoms with Crippen LogP contribution in [0.3, 0.4) is 0 Å². The molecule has 4 nitrogen and oxygen atoms in total. The minimum absolute atomic E-state index is 0.213. The number of hydrogen-bond acceptors (Lipinski definition) is 2. The van der Waals surface area contributed by atoms with Crippen molar-refractivity contribution in [2.45, 2.75) is 59.3 Å². The summed E-state index contributed by atoms with van der Waals surface area (Å²) in [4.78, 5) is 14.0. The zero-order chi connectivity index (χ0) is 17.6. The van der Waals surface area contributed by atoms with Crippen LogP contribution in [0.1, 0.15) is 59.3 Å². The van der Waals surface area contributed by atoms with Crippen molar-refractivity contribution in [3.05, 3.63) is 12.2 Å². The van der Waals surface area contributed by atoms with E-state index in [0.717, 1.165) is 62.9 Å². The van der Waals surface area contributed by atoms with Crippen molar-refractivity contribution in [2.75, 3.05) is 46.4 Å². The Labute approximate surface area is 143 Å². The highest BCUT2D eigenvalue weighted by molar-refractivity contribution is 5.75. The van der Waals surface area contributed by atoms with Crippen LogP contribution in [-0.2, 0) is 4.79 Å². The molecule has 0 atom stereocenters. The lowest BCUT2D eigenvalue weighted by Gasteiger charge is -2.37. The minimum atomic E-state index is 0.213. The third-order valence-electron chi connectivity index (χ3n) is 4.88. The molecule has 0 unspecified atom stereocenters. The molecule has 1 N–H and O–H groups in total. The second-order valence-corrected chi connectivity index (χ2v) is 6.47. The Morgan fingerprint density at radius 1 is 1.04 bits per heavy atom. The largest absolute Gasteiger partial charge is 0.391 e. The lowest BCUT2D eigenvalue weighted by atomic mass is 10.1. The maximum Gasteiger partial charge on any atom is 0.222 e. The Kier molecular flexibility index (Phi) is 13.0. The summed E-state index contributed by atoms with van der Waals surface area (Å²) in [7, 11) is 1.91. The number of unbranched alkanes of at least 4 members (excludes halogenated alkanes) is 3. The maximum atomic E-state index is 12.2. The zero-order valence-electron chi connectivity index (χ0n) is 15.9. The highest BCUT2D eigenvalue weighted by Crippen LogP contribution is 2.08. The monoisotopic (exact) mass is 327 g/mol. The van der Waals surface area contributed by atoms with E-state index in [1.54, 1.807) is 0 Å². The number of carbonyl (C=O) groups is 1. The van der Waals surface area contributed by atoms with Crippen LogP contribution in [-0.4, -0.2) is 66.8 Å². The Bertz CT molecular complexity index is 325. The first-order valence-electron chi connectivity index (χ1n) is 9.40. The Morgan fingerprint density at radius 3 is 2.26 bits per heavy atom. The molecular formula is C19H39N2O2+. The van der Waals surface area contributed by atoms with Crippen LogP contribution >= 0.6 is 0 Å². The van der Waals surface area contributed by atoms with Gasteiger partial charge in [0.05, 0.1) is 32.8 Å². The number of aliphatic hydroxyl groups is 1. The molecule has 0 aliphatic heterocycles. The lowest BCUT2D eigenvalue weighted by Crippen LogP contribution is -2.53. The molecule has 0 aromatic heterocycles. The van der Waals surface area contributed by atoms with E-state index < -0.39 is 0 Å². The minimum Gasteiger partial charge on any atom is -0.391 e. The molecule has 4 heteroatoms. The van der Waals surface area contributed by atoms with E-state index in [-0.39, 0.29) is 12.5 Å². The molecule has 0 aromatic rings. The molecule has 0 aromatic carbocycles. The van der Waals surface area contributed by atoms with E-state index in [1.165, 1.54) is 6.42 Å². The average molecular weight is 328 g/mol. The molecule has 0 radical (unpaired) electrons. The van der Waals surface area contributed by atoms with E-state index in [2.05, 4.69) is 32.9 Å². The third kappa shape index (κ3) is 9.77. The lowest BCUT2D eigenvalue weighted by molar-refractivity contribution is -0.924. The third-order valence-corrected chi connectivity index (χ3v) is 4.88. The van der Waals surface area contributed by atoms with E-state index >= 15 is 0 Å². The summed E-state index contributed by atoms with van der Waals surface area (Å²) in [5, 5.41) is 9.26. The summed E-state index contributed by atoms with van der Waals surface area (Å²) in [5.41, 5.74) is 0. The van der Waals surface area contributed by atoms with Gasteiger partial charge in [-0.25, -0.2) is 0 Å². The van der Waals surface area contributed by atoms with Crippen molar-refractivity contribution >= 4 is 5.91 Å². The standard InChI is InChI=1S/C19H39N2O2/c1-5-8-9-10-11-12-13-14-19(23)20(4)15-16-21(6-2,7-3)17-18-22/h9-10,22H,5-8,11-18H2,1-4H3/q+1/b10-9+. The van der Waals surface area contributed by atoms with Crippen molar-refractivity contribution in [3.8, 4) is 0 Å². The van der Waals surface area contributed by atoms with Crippen LogP contribution < -0.4 is 0 Å². The second kappa shape index (κ2) is 13.6. The van der Waals surface area contributed by atoms with Crippen LogP contribution in [0.2, 0.25) is 0 Å². The molecule has 0 aliphatic rings. The van der Waals surface area contributed by atoms with Gasteiger partial charge in [-0.3, -0.25) is 4.79 Å². The van der Waals surface area contributed by atoms with Gasteiger partial charge in [-0.2, -0.15) is 0 Å². The molecule has 0 fully saturated rings. The van der Waals surface area contributed by atoms with E-state index in [9.17, 15) is 9.90 Å². The Balaban J connectivity index is 4.01. The smallest absolute Gasteiger partial charge is 0.222 e. The summed E-state index contributed by atoms with van der Waals surface area (Å²) in [5.74, 6) is 0.247. The van der Waals surface area contributed by atoms with Crippen LogP contribution in [0.4, 0.5) is 0 Å². The zero-order valence-corrected chi connectivity index (χ0v) is 15.9. The molecule has 0 spiro atoms. The van der Waals surface area contributed by atoms with Gasteiger partial charge in [0.25, 0.3) is 0 Å². The number of quaternary nitrogens is 1. The van der Waals surface area contributed by atoms with E-state index in [4.69, 9.17) is 0 Å². The van der Waals surface area contributed by atoms with Gasteiger partial charge < -0.3 is 14.5 Å². The predicted octanol–water partition coefficient (Wildman–Crippen LogP) is 3.21. The number of carbonyl (C=O) groups excluding carboxylic acids is 1. The van der Waals surface area contributed by atoms with Gasteiger partial charge >= 0.3 is 0 Å². The van der Waals surface area contributed by atoms with Crippen LogP contribution in [0.5, 0.6) is 0 Å². The molecule has 0 saturated heterocycles. The quantitative estimate of drug-likeness (QED) is 0.302. The van der Waals surface area contributed by atoms with Crippen molar-refractivity contribution in [2.24, 2.45) is 0 Å². The summed E-state index contributed by atoms with van der Waals surface area (Å²) in [6, 6.07) is 0. The normalized spacial score (nSPS) is 12.0. The van der Waals surface area contributed by atoms with Gasteiger partial charge in [-0.1, -0.05) is 25.5 Å². The van der Waals surface area contributed by atoms with Gasteiger partial charge in [-0.15, -0.1) is 0 Å². The van der Waals surface area contributed by atoms with Crippen molar-refractivity contribution in [1.82, 2.24) is 4.90 Å². The molecular weight excluding hydrogens is 288 g/mol. The SMILES string of the molecule is CCC/C=C/CCCCC(=O)N(C)CC[N+](CC)(CC)CCO. The van der Waals surface area contributed by atoms with Gasteiger partial charge in [0.2, 0.25) is 5.91 Å². The number of rotatable bonds is 14. The van der Waals surface area contributed by atoms with Crippen molar-refractivity contribution in [3.63, 3.8) is 0 Å². The molecule has 0 rings (SSSR count). The molecule has 0 aliphatic carbocycles. The van der Waals surface area contributed by atoms with Gasteiger partial charge in [0, 0.05) is 13.5 Å². The first-order valence-corrected chi connectivity index (χ1v) is 9.40. The molecule has 23 heavy (non-hydrogen) atoms. The Hall–Kier alpha value is -0.870. The number of hydrogen-bond donors (Lipinski definition) is 1. The second-order valence-electron chi connectivity index (χ2n) is 6.47. The van der Waals surface area contributed by atoms with Gasteiger partial charge in [0.1, 0.15) is 6.54 Å². The summed E-state index contributed by atoms with van der Waals surface area (Å²) in [6.45, 7) is 11.2. The highest BCUT2D eigenvalue weighted by Gasteiger charge is 2.23. The number of likely N-dealkylation sites (N-methyl/N-ethyl adjacent to an activating group) is 2. The topological polar surface area (TPSA) is 40.5 Å². The average Bonchev–Trinajstić information content (AvgIpc) is 2.57. The van der Waals surface area contributed by atoms with Crippen LogP contribution in [0.25, 0.3) is 0 Å². The van der Waals surface area contributed by atoms with Gasteiger partial charge in [0.15, 0.2) is 0 Å². The number of aliphatic hydroxyl groups excluding tert-OH is 1. The molecule has 1 amide bonds. The van der Waals surface area contributed by atoms with Crippen molar-refractivity contribution < 1.29 is 14.4 Å². The fourth-order valence-electron chi connectivity index (χ4n) is 2.80.